The number of anilines is 1. The minimum absolute atomic E-state index is 0.0668. The number of aromatic nitrogens is 4. The molecular weight excluding hydrogens is 447 g/mol. The molecule has 2 aliphatic rings. The zero-order valence-corrected chi connectivity index (χ0v) is 18.9. The van der Waals surface area contributed by atoms with Crippen molar-refractivity contribution >= 4 is 17.4 Å². The Morgan fingerprint density at radius 3 is 2.24 bits per heavy atom. The molecule has 0 saturated carbocycles. The molecular formula is C23H26F3N7O. The minimum Gasteiger partial charge on any atom is -0.355 e. The number of carbonyl (C=O) groups excluding carboxylic acids is 1. The van der Waals surface area contributed by atoms with E-state index in [2.05, 4.69) is 27.2 Å². The van der Waals surface area contributed by atoms with Crippen molar-refractivity contribution in [3.05, 3.63) is 53.3 Å². The van der Waals surface area contributed by atoms with Crippen molar-refractivity contribution in [2.45, 2.75) is 24.9 Å². The van der Waals surface area contributed by atoms with E-state index in [-0.39, 0.29) is 11.6 Å². The summed E-state index contributed by atoms with van der Waals surface area (Å²) < 4.78 is 40.2. The summed E-state index contributed by atoms with van der Waals surface area (Å²) in [6.07, 6.45) is -2.92. The van der Waals surface area contributed by atoms with Crippen molar-refractivity contribution < 1.29 is 18.0 Å². The third kappa shape index (κ3) is 4.44. The van der Waals surface area contributed by atoms with Crippen LogP contribution < -0.4 is 4.90 Å². The van der Waals surface area contributed by atoms with Crippen molar-refractivity contribution in [3.8, 4) is 0 Å². The monoisotopic (exact) mass is 473 g/mol. The van der Waals surface area contributed by atoms with Crippen LogP contribution in [0.3, 0.4) is 0 Å². The molecule has 0 N–H and O–H groups in total. The molecule has 1 amide bonds. The summed E-state index contributed by atoms with van der Waals surface area (Å²) in [5, 5.41) is 10.9. The molecule has 8 nitrogen and oxygen atoms in total. The van der Waals surface area contributed by atoms with E-state index in [9.17, 15) is 18.0 Å². The Balaban J connectivity index is 1.23. The van der Waals surface area contributed by atoms with Gasteiger partial charge in [0.05, 0.1) is 0 Å². The van der Waals surface area contributed by atoms with Crippen LogP contribution in [0.2, 0.25) is 0 Å². The van der Waals surface area contributed by atoms with Gasteiger partial charge >= 0.3 is 6.18 Å². The SMILES string of the molecule is CN1CCN(C(=O)c2ccc(C3CCN(c4ccc5nnc(C(F)(F)F)n5n4)CC3)cc2)CC1. The van der Waals surface area contributed by atoms with Gasteiger partial charge in [-0.05, 0) is 55.6 Å². The molecule has 3 aromatic rings. The average Bonchev–Trinajstić information content (AvgIpc) is 3.28. The Morgan fingerprint density at radius 1 is 0.912 bits per heavy atom. The molecule has 0 spiro atoms. The molecule has 2 saturated heterocycles. The van der Waals surface area contributed by atoms with Crippen LogP contribution in [0, 0.1) is 0 Å². The number of likely N-dealkylation sites (N-methyl/N-ethyl adjacent to an activating group) is 1. The zero-order chi connectivity index (χ0) is 23.9. The number of halogens is 3. The van der Waals surface area contributed by atoms with Gasteiger partial charge in [-0.1, -0.05) is 12.1 Å². The van der Waals surface area contributed by atoms with Gasteiger partial charge in [-0.25, -0.2) is 0 Å². The van der Waals surface area contributed by atoms with Gasteiger partial charge < -0.3 is 14.7 Å². The van der Waals surface area contributed by atoms with Gasteiger partial charge in [-0.15, -0.1) is 15.3 Å². The number of carbonyl (C=O) groups is 1. The molecule has 0 aliphatic carbocycles. The summed E-state index contributed by atoms with van der Waals surface area (Å²) in [4.78, 5) is 18.9. The lowest BCUT2D eigenvalue weighted by Crippen LogP contribution is -2.47. The molecule has 0 unspecified atom stereocenters. The second-order valence-electron chi connectivity index (χ2n) is 8.96. The van der Waals surface area contributed by atoms with Gasteiger partial charge in [0.15, 0.2) is 5.65 Å². The van der Waals surface area contributed by atoms with Crippen LogP contribution in [0.25, 0.3) is 5.65 Å². The van der Waals surface area contributed by atoms with Gasteiger partial charge in [0.1, 0.15) is 5.82 Å². The highest BCUT2D eigenvalue weighted by molar-refractivity contribution is 5.94. The van der Waals surface area contributed by atoms with Gasteiger partial charge in [0, 0.05) is 44.8 Å². The Labute approximate surface area is 195 Å². The number of hydrogen-bond donors (Lipinski definition) is 0. The Kier molecular flexibility index (Phi) is 5.88. The summed E-state index contributed by atoms with van der Waals surface area (Å²) >= 11 is 0. The van der Waals surface area contributed by atoms with Crippen LogP contribution in [0.1, 0.15) is 40.5 Å². The third-order valence-electron chi connectivity index (χ3n) is 6.74. The molecule has 0 atom stereocenters. The van der Waals surface area contributed by atoms with Crippen molar-refractivity contribution in [2.75, 3.05) is 51.2 Å². The van der Waals surface area contributed by atoms with E-state index in [1.165, 1.54) is 11.6 Å². The first-order valence-corrected chi connectivity index (χ1v) is 11.4. The fourth-order valence-electron chi connectivity index (χ4n) is 4.66. The van der Waals surface area contributed by atoms with Crippen LogP contribution in [0.5, 0.6) is 0 Å². The Bertz CT molecular complexity index is 1160. The molecule has 180 valence electrons. The highest BCUT2D eigenvalue weighted by atomic mass is 19.4. The second-order valence-corrected chi connectivity index (χ2v) is 8.96. The first-order chi connectivity index (χ1) is 16.3. The molecule has 2 fully saturated rings. The quantitative estimate of drug-likeness (QED) is 0.583. The van der Waals surface area contributed by atoms with Gasteiger partial charge in [-0.2, -0.15) is 17.7 Å². The number of alkyl halides is 3. The van der Waals surface area contributed by atoms with E-state index in [1.807, 2.05) is 34.1 Å². The standard InChI is InChI=1S/C23H26F3N7O/c1-30-12-14-32(15-13-30)21(34)18-4-2-16(3-5-18)17-8-10-31(11-9-17)20-7-6-19-27-28-22(23(24,25)26)33(19)29-20/h2-7,17H,8-15H2,1H3. The first kappa shape index (κ1) is 22.6. The highest BCUT2D eigenvalue weighted by Crippen LogP contribution is 2.31. The lowest BCUT2D eigenvalue weighted by atomic mass is 9.89. The van der Waals surface area contributed by atoms with Crippen LogP contribution >= 0.6 is 0 Å². The average molecular weight is 474 g/mol. The van der Waals surface area contributed by atoms with Crippen molar-refractivity contribution in [1.29, 1.82) is 0 Å². The Hall–Kier alpha value is -3.21. The summed E-state index contributed by atoms with van der Waals surface area (Å²) in [5.41, 5.74) is 1.95. The maximum Gasteiger partial charge on any atom is 0.453 e. The van der Waals surface area contributed by atoms with Crippen LogP contribution in [-0.4, -0.2) is 81.8 Å². The predicted molar refractivity (Wildman–Crippen MR) is 120 cm³/mol. The van der Waals surface area contributed by atoms with Crippen molar-refractivity contribution in [2.24, 2.45) is 0 Å². The largest absolute Gasteiger partial charge is 0.453 e. The fraction of sp³-hybridized carbons (Fsp3) is 0.478. The number of amides is 1. The Morgan fingerprint density at radius 2 is 1.59 bits per heavy atom. The lowest BCUT2D eigenvalue weighted by Gasteiger charge is -2.33. The van der Waals surface area contributed by atoms with E-state index in [1.54, 1.807) is 6.07 Å². The number of fused-ring (bicyclic) bond motifs is 1. The number of benzene rings is 1. The molecule has 11 heteroatoms. The molecule has 2 aromatic heterocycles. The maximum absolute atomic E-state index is 13.2. The minimum atomic E-state index is -4.62. The number of piperazine rings is 1. The molecule has 0 radical (unpaired) electrons. The van der Waals surface area contributed by atoms with E-state index in [0.29, 0.717) is 30.4 Å². The second kappa shape index (κ2) is 8.86. The van der Waals surface area contributed by atoms with E-state index in [4.69, 9.17) is 0 Å². The van der Waals surface area contributed by atoms with Gasteiger partial charge in [-0.3, -0.25) is 4.79 Å². The summed E-state index contributed by atoms with van der Waals surface area (Å²) in [7, 11) is 2.06. The van der Waals surface area contributed by atoms with E-state index < -0.39 is 12.0 Å². The summed E-state index contributed by atoms with van der Waals surface area (Å²) in [6, 6.07) is 11.1. The topological polar surface area (TPSA) is 69.9 Å². The van der Waals surface area contributed by atoms with Crippen LogP contribution in [0.4, 0.5) is 19.0 Å². The molecule has 34 heavy (non-hydrogen) atoms. The molecule has 1 aromatic carbocycles. The van der Waals surface area contributed by atoms with E-state index in [0.717, 1.165) is 43.5 Å². The predicted octanol–water partition coefficient (Wildman–Crippen LogP) is 2.91. The number of nitrogens with zero attached hydrogens (tertiary/aromatic N) is 7. The number of piperidine rings is 1. The zero-order valence-electron chi connectivity index (χ0n) is 18.9. The van der Waals surface area contributed by atoms with Crippen LogP contribution in [-0.2, 0) is 6.18 Å². The third-order valence-corrected chi connectivity index (χ3v) is 6.74. The fourth-order valence-corrected chi connectivity index (χ4v) is 4.66. The molecule has 0 bridgehead atoms. The smallest absolute Gasteiger partial charge is 0.355 e. The van der Waals surface area contributed by atoms with Gasteiger partial charge in [0.25, 0.3) is 11.7 Å². The molecule has 4 heterocycles. The van der Waals surface area contributed by atoms with Gasteiger partial charge in [0.2, 0.25) is 0 Å². The van der Waals surface area contributed by atoms with Crippen molar-refractivity contribution in [3.63, 3.8) is 0 Å². The van der Waals surface area contributed by atoms with E-state index >= 15 is 0 Å². The summed E-state index contributed by atoms with van der Waals surface area (Å²) in [5.74, 6) is -0.244. The highest BCUT2D eigenvalue weighted by Gasteiger charge is 2.38. The van der Waals surface area contributed by atoms with Crippen LogP contribution in [0.15, 0.2) is 36.4 Å². The van der Waals surface area contributed by atoms with Crippen molar-refractivity contribution in [1.82, 2.24) is 29.6 Å². The lowest BCUT2D eigenvalue weighted by molar-refractivity contribution is -0.146. The molecule has 5 rings (SSSR count). The maximum atomic E-state index is 13.2. The summed E-state index contributed by atoms with van der Waals surface area (Å²) in [6.45, 7) is 4.62. The number of hydrogen-bond acceptors (Lipinski definition) is 6. The number of rotatable bonds is 3. The normalized spacial score (nSPS) is 18.6. The molecule has 2 aliphatic heterocycles. The first-order valence-electron chi connectivity index (χ1n) is 11.4.